The van der Waals surface area contributed by atoms with Gasteiger partial charge in [-0.2, -0.15) is 0 Å². The maximum Gasteiger partial charge on any atom is 0.0300 e. The second kappa shape index (κ2) is 7.70. The molecule has 0 aliphatic rings. The topological polar surface area (TPSA) is 26.0 Å². The van der Waals surface area contributed by atoms with E-state index in [1.54, 1.807) is 0 Å². The molecule has 0 fully saturated rings. The monoisotopic (exact) mass is 241 g/mol. The van der Waals surface area contributed by atoms with Crippen LogP contribution in [-0.4, -0.2) is 0 Å². The minimum Gasteiger partial charge on any atom is -0.324 e. The van der Waals surface area contributed by atoms with Crippen LogP contribution in [0.15, 0.2) is 18.2 Å². The van der Waals surface area contributed by atoms with Crippen LogP contribution >= 0.6 is 12.4 Å². The van der Waals surface area contributed by atoms with Gasteiger partial charge in [-0.05, 0) is 37.0 Å². The summed E-state index contributed by atoms with van der Waals surface area (Å²) in [5.74, 6) is 0. The van der Waals surface area contributed by atoms with Crippen molar-refractivity contribution in [2.45, 2.75) is 52.5 Å². The number of halogens is 1. The molecule has 92 valence electrons. The molecule has 0 aliphatic carbocycles. The molecule has 16 heavy (non-hydrogen) atoms. The number of nitrogens with two attached hydrogens (primary N) is 1. The zero-order valence-corrected chi connectivity index (χ0v) is 11.4. The predicted molar refractivity (Wildman–Crippen MR) is 74.2 cm³/mol. The van der Waals surface area contributed by atoms with Crippen LogP contribution < -0.4 is 5.73 Å². The number of hydrogen-bond donors (Lipinski definition) is 1. The smallest absolute Gasteiger partial charge is 0.0300 e. The SMILES string of the molecule is CCCCC[C@H](N)c1c(C)cccc1C.Cl. The lowest BCUT2D eigenvalue weighted by molar-refractivity contribution is 0.577. The molecule has 1 atom stereocenters. The summed E-state index contributed by atoms with van der Waals surface area (Å²) < 4.78 is 0. The molecule has 1 rings (SSSR count). The number of unbranched alkanes of at least 4 members (excludes halogenated alkanes) is 2. The zero-order chi connectivity index (χ0) is 11.3. The normalized spacial score (nSPS) is 12.0. The minimum absolute atomic E-state index is 0. The second-order valence-corrected chi connectivity index (χ2v) is 4.41. The summed E-state index contributed by atoms with van der Waals surface area (Å²) in [6, 6.07) is 6.63. The van der Waals surface area contributed by atoms with Gasteiger partial charge in [-0.3, -0.25) is 0 Å². The van der Waals surface area contributed by atoms with E-state index in [0.717, 1.165) is 6.42 Å². The van der Waals surface area contributed by atoms with Crippen LogP contribution in [0.2, 0.25) is 0 Å². The van der Waals surface area contributed by atoms with E-state index in [4.69, 9.17) is 5.73 Å². The molecule has 0 aromatic heterocycles. The van der Waals surface area contributed by atoms with Crippen molar-refractivity contribution >= 4 is 12.4 Å². The Morgan fingerprint density at radius 2 is 1.69 bits per heavy atom. The Balaban J connectivity index is 0.00000225. The second-order valence-electron chi connectivity index (χ2n) is 4.41. The third-order valence-corrected chi connectivity index (χ3v) is 3.03. The Hall–Kier alpha value is -0.530. The van der Waals surface area contributed by atoms with Crippen molar-refractivity contribution in [1.29, 1.82) is 0 Å². The molecule has 1 aromatic carbocycles. The highest BCUT2D eigenvalue weighted by atomic mass is 35.5. The van der Waals surface area contributed by atoms with Crippen molar-refractivity contribution in [1.82, 2.24) is 0 Å². The summed E-state index contributed by atoms with van der Waals surface area (Å²) in [5.41, 5.74) is 10.3. The van der Waals surface area contributed by atoms with Crippen LogP contribution in [0.3, 0.4) is 0 Å². The van der Waals surface area contributed by atoms with E-state index in [-0.39, 0.29) is 18.4 Å². The fourth-order valence-electron chi connectivity index (χ4n) is 2.17. The molecule has 0 unspecified atom stereocenters. The van der Waals surface area contributed by atoms with Gasteiger partial charge in [0.25, 0.3) is 0 Å². The molecule has 0 spiro atoms. The van der Waals surface area contributed by atoms with E-state index in [0.29, 0.717) is 0 Å². The summed E-state index contributed by atoms with van der Waals surface area (Å²) in [6.45, 7) is 6.54. The van der Waals surface area contributed by atoms with Crippen molar-refractivity contribution in [3.05, 3.63) is 34.9 Å². The van der Waals surface area contributed by atoms with Gasteiger partial charge in [0.05, 0.1) is 0 Å². The summed E-state index contributed by atoms with van der Waals surface area (Å²) in [5, 5.41) is 0. The van der Waals surface area contributed by atoms with Gasteiger partial charge in [0, 0.05) is 6.04 Å². The van der Waals surface area contributed by atoms with Crippen LogP contribution in [0.1, 0.15) is 55.3 Å². The van der Waals surface area contributed by atoms with Crippen LogP contribution in [0.25, 0.3) is 0 Å². The molecule has 0 saturated heterocycles. The average molecular weight is 242 g/mol. The molecule has 1 aromatic rings. The van der Waals surface area contributed by atoms with E-state index in [1.165, 1.54) is 36.0 Å². The van der Waals surface area contributed by atoms with Gasteiger partial charge in [0.2, 0.25) is 0 Å². The Kier molecular flexibility index (Phi) is 7.44. The van der Waals surface area contributed by atoms with Crippen LogP contribution in [-0.2, 0) is 0 Å². The Labute approximate surface area is 106 Å². The molecule has 2 N–H and O–H groups in total. The first-order valence-electron chi connectivity index (χ1n) is 5.98. The molecule has 0 aliphatic heterocycles. The van der Waals surface area contributed by atoms with E-state index in [1.807, 2.05) is 0 Å². The van der Waals surface area contributed by atoms with E-state index in [9.17, 15) is 0 Å². The zero-order valence-electron chi connectivity index (χ0n) is 10.6. The molecule has 0 saturated carbocycles. The van der Waals surface area contributed by atoms with E-state index < -0.39 is 0 Å². The van der Waals surface area contributed by atoms with Gasteiger partial charge in [-0.1, -0.05) is 44.4 Å². The number of benzene rings is 1. The van der Waals surface area contributed by atoms with E-state index >= 15 is 0 Å². The third kappa shape index (κ3) is 4.15. The van der Waals surface area contributed by atoms with Crippen molar-refractivity contribution < 1.29 is 0 Å². The van der Waals surface area contributed by atoms with Gasteiger partial charge in [0.15, 0.2) is 0 Å². The number of hydrogen-bond acceptors (Lipinski definition) is 1. The maximum atomic E-state index is 6.24. The maximum absolute atomic E-state index is 6.24. The fourth-order valence-corrected chi connectivity index (χ4v) is 2.17. The number of aryl methyl sites for hydroxylation is 2. The Morgan fingerprint density at radius 3 is 2.19 bits per heavy atom. The first-order valence-corrected chi connectivity index (χ1v) is 5.98. The molecule has 1 nitrogen and oxygen atoms in total. The highest BCUT2D eigenvalue weighted by Gasteiger charge is 2.10. The molecular weight excluding hydrogens is 218 g/mol. The van der Waals surface area contributed by atoms with Gasteiger partial charge in [-0.25, -0.2) is 0 Å². The highest BCUT2D eigenvalue weighted by molar-refractivity contribution is 5.85. The summed E-state index contributed by atoms with van der Waals surface area (Å²) >= 11 is 0. The standard InChI is InChI=1S/C14H23N.ClH/c1-4-5-6-10-13(15)14-11(2)8-7-9-12(14)3;/h7-9,13H,4-6,10,15H2,1-3H3;1H/t13-;/m0./s1. The molecule has 0 bridgehead atoms. The molecule has 0 heterocycles. The third-order valence-electron chi connectivity index (χ3n) is 3.03. The van der Waals surface area contributed by atoms with E-state index in [2.05, 4.69) is 39.0 Å². The van der Waals surface area contributed by atoms with Crippen LogP contribution in [0, 0.1) is 13.8 Å². The summed E-state index contributed by atoms with van der Waals surface area (Å²) in [6.07, 6.45) is 4.91. The largest absolute Gasteiger partial charge is 0.324 e. The summed E-state index contributed by atoms with van der Waals surface area (Å²) in [4.78, 5) is 0. The molecule has 2 heteroatoms. The van der Waals surface area contributed by atoms with Crippen LogP contribution in [0.5, 0.6) is 0 Å². The first kappa shape index (κ1) is 15.5. The lowest BCUT2D eigenvalue weighted by atomic mass is 9.93. The average Bonchev–Trinajstić information content (AvgIpc) is 2.18. The van der Waals surface area contributed by atoms with Crippen molar-refractivity contribution in [3.63, 3.8) is 0 Å². The van der Waals surface area contributed by atoms with Gasteiger partial charge in [-0.15, -0.1) is 12.4 Å². The van der Waals surface area contributed by atoms with Crippen molar-refractivity contribution in [2.75, 3.05) is 0 Å². The number of rotatable bonds is 5. The summed E-state index contributed by atoms with van der Waals surface area (Å²) in [7, 11) is 0. The predicted octanol–water partition coefficient (Wildman–Crippen LogP) is 4.31. The lowest BCUT2D eigenvalue weighted by Gasteiger charge is -2.17. The van der Waals surface area contributed by atoms with Crippen molar-refractivity contribution in [3.8, 4) is 0 Å². The van der Waals surface area contributed by atoms with Gasteiger partial charge in [0.1, 0.15) is 0 Å². The Morgan fingerprint density at radius 1 is 1.12 bits per heavy atom. The van der Waals surface area contributed by atoms with Crippen LogP contribution in [0.4, 0.5) is 0 Å². The molecule has 0 amide bonds. The minimum atomic E-state index is 0. The first-order chi connectivity index (χ1) is 7.16. The quantitative estimate of drug-likeness (QED) is 0.764. The highest BCUT2D eigenvalue weighted by Crippen LogP contribution is 2.24. The van der Waals surface area contributed by atoms with Crippen molar-refractivity contribution in [2.24, 2.45) is 5.73 Å². The van der Waals surface area contributed by atoms with Gasteiger partial charge >= 0.3 is 0 Å². The molecular formula is C14H24ClN. The fraction of sp³-hybridized carbons (Fsp3) is 0.571. The molecule has 0 radical (unpaired) electrons. The van der Waals surface area contributed by atoms with Gasteiger partial charge < -0.3 is 5.73 Å². The lowest BCUT2D eigenvalue weighted by Crippen LogP contribution is -2.13. The Bertz CT molecular complexity index is 289.